The molecule has 4 rings (SSSR count). The number of imidazole rings is 1. The molecular weight excluding hydrogens is 364 g/mol. The number of carbonyl (C=O) groups excluding carboxylic acids is 1. The number of rotatable bonds is 4. The fourth-order valence-electron chi connectivity index (χ4n) is 3.93. The van der Waals surface area contributed by atoms with Gasteiger partial charge in [-0.05, 0) is 37.8 Å². The molecular formula is C19H24N4O3S. The SMILES string of the molecule is CCn1cnc(S(=O)(=O)N2CCCC(C(=O)N3CCc4ccccc43)C2)c1. The Kier molecular flexibility index (Phi) is 4.77. The summed E-state index contributed by atoms with van der Waals surface area (Å²) >= 11 is 0. The quantitative estimate of drug-likeness (QED) is 0.802. The third-order valence-corrected chi connectivity index (χ3v) is 7.22. The molecule has 144 valence electrons. The van der Waals surface area contributed by atoms with Crippen LogP contribution in [0.25, 0.3) is 0 Å². The Morgan fingerprint density at radius 1 is 1.26 bits per heavy atom. The number of aromatic nitrogens is 2. The molecule has 1 saturated heterocycles. The predicted octanol–water partition coefficient (Wildman–Crippen LogP) is 1.89. The highest BCUT2D eigenvalue weighted by Gasteiger charge is 2.37. The monoisotopic (exact) mass is 388 g/mol. The number of aryl methyl sites for hydroxylation is 1. The normalized spacial score (nSPS) is 20.6. The van der Waals surface area contributed by atoms with Crippen LogP contribution in [0.5, 0.6) is 0 Å². The van der Waals surface area contributed by atoms with Crippen LogP contribution in [0.3, 0.4) is 0 Å². The summed E-state index contributed by atoms with van der Waals surface area (Å²) in [7, 11) is -3.67. The van der Waals surface area contributed by atoms with Crippen LogP contribution in [0.2, 0.25) is 0 Å². The van der Waals surface area contributed by atoms with E-state index >= 15 is 0 Å². The molecule has 2 aromatic rings. The van der Waals surface area contributed by atoms with Crippen LogP contribution in [-0.2, 0) is 27.8 Å². The standard InChI is InChI=1S/C19H24N4O3S/c1-2-21-13-18(20-14-21)27(25,26)22-10-5-7-16(12-22)19(24)23-11-9-15-6-3-4-8-17(15)23/h3-4,6,8,13-14,16H,2,5,7,9-12H2,1H3. The molecule has 2 aliphatic heterocycles. The number of anilines is 1. The molecule has 8 heteroatoms. The molecule has 0 aliphatic carbocycles. The van der Waals surface area contributed by atoms with Crippen molar-refractivity contribution >= 4 is 21.6 Å². The number of nitrogens with zero attached hydrogens (tertiary/aromatic N) is 4. The molecule has 0 saturated carbocycles. The molecule has 0 N–H and O–H groups in total. The summed E-state index contributed by atoms with van der Waals surface area (Å²) in [6, 6.07) is 7.93. The number of carbonyl (C=O) groups is 1. The zero-order valence-electron chi connectivity index (χ0n) is 15.4. The molecule has 7 nitrogen and oxygen atoms in total. The zero-order valence-corrected chi connectivity index (χ0v) is 16.2. The summed E-state index contributed by atoms with van der Waals surface area (Å²) in [5, 5.41) is 0.0592. The van der Waals surface area contributed by atoms with E-state index < -0.39 is 10.0 Å². The molecule has 1 unspecified atom stereocenters. The highest BCUT2D eigenvalue weighted by molar-refractivity contribution is 7.89. The smallest absolute Gasteiger partial charge is 0.262 e. The van der Waals surface area contributed by atoms with Gasteiger partial charge in [0.15, 0.2) is 5.03 Å². The van der Waals surface area contributed by atoms with Crippen LogP contribution in [0.1, 0.15) is 25.3 Å². The zero-order chi connectivity index (χ0) is 19.0. The molecule has 1 aromatic heterocycles. The van der Waals surface area contributed by atoms with Gasteiger partial charge in [-0.3, -0.25) is 4.79 Å². The second kappa shape index (κ2) is 7.09. The number of piperidine rings is 1. The molecule has 1 amide bonds. The molecule has 0 bridgehead atoms. The Morgan fingerprint density at radius 3 is 2.85 bits per heavy atom. The second-order valence-electron chi connectivity index (χ2n) is 7.11. The van der Waals surface area contributed by atoms with Crippen molar-refractivity contribution in [2.45, 2.75) is 37.8 Å². The second-order valence-corrected chi connectivity index (χ2v) is 9.00. The van der Waals surface area contributed by atoms with Gasteiger partial charge in [0.2, 0.25) is 5.91 Å². The summed E-state index contributed by atoms with van der Waals surface area (Å²) in [5.74, 6) is -0.285. The average Bonchev–Trinajstić information content (AvgIpc) is 3.35. The largest absolute Gasteiger partial charge is 0.336 e. The van der Waals surface area contributed by atoms with Crippen LogP contribution >= 0.6 is 0 Å². The van der Waals surface area contributed by atoms with E-state index in [1.807, 2.05) is 36.1 Å². The first kappa shape index (κ1) is 18.2. The molecule has 1 fully saturated rings. The van der Waals surface area contributed by atoms with Gasteiger partial charge in [0.05, 0.1) is 12.2 Å². The Hall–Kier alpha value is -2.19. The first-order valence-electron chi connectivity index (χ1n) is 9.42. The fourth-order valence-corrected chi connectivity index (χ4v) is 5.39. The van der Waals surface area contributed by atoms with E-state index in [4.69, 9.17) is 0 Å². The lowest BCUT2D eigenvalue weighted by atomic mass is 9.98. The Bertz CT molecular complexity index is 953. The van der Waals surface area contributed by atoms with Crippen LogP contribution < -0.4 is 4.90 Å². The van der Waals surface area contributed by atoms with Gasteiger partial charge in [0, 0.05) is 38.1 Å². The number of amides is 1. The maximum Gasteiger partial charge on any atom is 0.262 e. The number of sulfonamides is 1. The number of para-hydroxylation sites is 1. The summed E-state index contributed by atoms with van der Waals surface area (Å²) in [5.41, 5.74) is 2.14. The van der Waals surface area contributed by atoms with Crippen LogP contribution in [-0.4, -0.2) is 47.8 Å². The van der Waals surface area contributed by atoms with Gasteiger partial charge in [-0.1, -0.05) is 18.2 Å². The van der Waals surface area contributed by atoms with Crippen LogP contribution in [0.15, 0.2) is 41.8 Å². The molecule has 2 aliphatic rings. The lowest BCUT2D eigenvalue weighted by Gasteiger charge is -2.32. The third kappa shape index (κ3) is 3.27. The van der Waals surface area contributed by atoms with E-state index in [1.54, 1.807) is 10.8 Å². The summed E-state index contributed by atoms with van der Waals surface area (Å²) in [6.07, 6.45) is 5.33. The van der Waals surface area contributed by atoms with Gasteiger partial charge in [-0.25, -0.2) is 13.4 Å². The van der Waals surface area contributed by atoms with E-state index in [9.17, 15) is 13.2 Å². The maximum atomic E-state index is 13.1. The van der Waals surface area contributed by atoms with Crippen molar-refractivity contribution in [1.82, 2.24) is 13.9 Å². The van der Waals surface area contributed by atoms with Gasteiger partial charge in [-0.15, -0.1) is 0 Å². The van der Waals surface area contributed by atoms with Crippen LogP contribution in [0.4, 0.5) is 5.69 Å². The number of hydrogen-bond acceptors (Lipinski definition) is 4. The van der Waals surface area contributed by atoms with E-state index in [-0.39, 0.29) is 23.4 Å². The van der Waals surface area contributed by atoms with E-state index in [2.05, 4.69) is 4.98 Å². The van der Waals surface area contributed by atoms with Gasteiger partial charge in [0.1, 0.15) is 0 Å². The summed E-state index contributed by atoms with van der Waals surface area (Å²) in [4.78, 5) is 19.0. The lowest BCUT2D eigenvalue weighted by Crippen LogP contribution is -2.46. The van der Waals surface area contributed by atoms with E-state index in [0.29, 0.717) is 32.5 Å². The Morgan fingerprint density at radius 2 is 2.07 bits per heavy atom. The molecule has 1 atom stereocenters. The van der Waals surface area contributed by atoms with Crippen LogP contribution in [0, 0.1) is 5.92 Å². The summed E-state index contributed by atoms with van der Waals surface area (Å²) in [6.45, 7) is 3.92. The highest BCUT2D eigenvalue weighted by Crippen LogP contribution is 2.31. The van der Waals surface area contributed by atoms with Crippen molar-refractivity contribution in [3.8, 4) is 0 Å². The first-order chi connectivity index (χ1) is 13.0. The van der Waals surface area contributed by atoms with Crippen molar-refractivity contribution in [3.63, 3.8) is 0 Å². The minimum atomic E-state index is -3.67. The van der Waals surface area contributed by atoms with Gasteiger partial charge in [-0.2, -0.15) is 4.31 Å². The number of fused-ring (bicyclic) bond motifs is 1. The molecule has 1 aromatic carbocycles. The highest BCUT2D eigenvalue weighted by atomic mass is 32.2. The predicted molar refractivity (Wildman–Crippen MR) is 102 cm³/mol. The minimum absolute atomic E-state index is 0.0268. The van der Waals surface area contributed by atoms with Crippen molar-refractivity contribution < 1.29 is 13.2 Å². The van der Waals surface area contributed by atoms with E-state index in [1.165, 1.54) is 16.2 Å². The molecule has 3 heterocycles. The fraction of sp³-hybridized carbons (Fsp3) is 0.474. The van der Waals surface area contributed by atoms with Gasteiger partial charge >= 0.3 is 0 Å². The molecule has 0 spiro atoms. The van der Waals surface area contributed by atoms with Crippen molar-refractivity contribution in [2.24, 2.45) is 5.92 Å². The average molecular weight is 388 g/mol. The third-order valence-electron chi connectivity index (χ3n) is 5.47. The summed E-state index contributed by atoms with van der Waals surface area (Å²) < 4.78 is 29.0. The molecule has 0 radical (unpaired) electrons. The van der Waals surface area contributed by atoms with Gasteiger partial charge < -0.3 is 9.47 Å². The first-order valence-corrected chi connectivity index (χ1v) is 10.9. The topological polar surface area (TPSA) is 75.5 Å². The number of hydrogen-bond donors (Lipinski definition) is 0. The minimum Gasteiger partial charge on any atom is -0.336 e. The number of benzene rings is 1. The van der Waals surface area contributed by atoms with Crippen molar-refractivity contribution in [3.05, 3.63) is 42.4 Å². The van der Waals surface area contributed by atoms with Gasteiger partial charge in [0.25, 0.3) is 10.0 Å². The van der Waals surface area contributed by atoms with E-state index in [0.717, 1.165) is 12.1 Å². The lowest BCUT2D eigenvalue weighted by molar-refractivity contribution is -0.123. The van der Waals surface area contributed by atoms with Crippen molar-refractivity contribution in [2.75, 3.05) is 24.5 Å². The molecule has 27 heavy (non-hydrogen) atoms. The maximum absolute atomic E-state index is 13.1. The Balaban J connectivity index is 1.52. The Labute approximate surface area is 159 Å². The van der Waals surface area contributed by atoms with Crippen molar-refractivity contribution in [1.29, 1.82) is 0 Å².